The molecule has 3 nitrogen and oxygen atoms in total. The number of hydrogen-bond acceptors (Lipinski definition) is 3. The normalized spacial score (nSPS) is 19.3. The van der Waals surface area contributed by atoms with Crippen LogP contribution in [0.2, 0.25) is 0 Å². The van der Waals surface area contributed by atoms with Crippen molar-refractivity contribution in [2.45, 2.75) is 52.9 Å². The zero-order chi connectivity index (χ0) is 12.7. The Kier molecular flexibility index (Phi) is 5.96. The second-order valence-corrected chi connectivity index (χ2v) is 5.56. The zero-order valence-electron chi connectivity index (χ0n) is 11.6. The van der Waals surface area contributed by atoms with Crippen LogP contribution in [0.4, 0.5) is 0 Å². The maximum Gasteiger partial charge on any atom is 0.312 e. The first kappa shape index (κ1) is 14.5. The molecule has 100 valence electrons. The third-order valence-electron chi connectivity index (χ3n) is 3.83. The van der Waals surface area contributed by atoms with Crippen LogP contribution in [0.3, 0.4) is 0 Å². The molecule has 0 aromatic carbocycles. The molecule has 0 aromatic rings. The van der Waals surface area contributed by atoms with E-state index in [1.807, 2.05) is 0 Å². The van der Waals surface area contributed by atoms with Gasteiger partial charge >= 0.3 is 5.97 Å². The van der Waals surface area contributed by atoms with Crippen molar-refractivity contribution in [1.29, 1.82) is 0 Å². The van der Waals surface area contributed by atoms with E-state index in [0.29, 0.717) is 12.5 Å². The first-order chi connectivity index (χ1) is 8.10. The summed E-state index contributed by atoms with van der Waals surface area (Å²) in [6.07, 6.45) is 4.87. The SMILES string of the molecule is CCC1(C(=O)OCCCC(C)C)CCNCC1. The summed E-state index contributed by atoms with van der Waals surface area (Å²) < 4.78 is 5.46. The number of ether oxygens (including phenoxy) is 1. The molecule has 0 amide bonds. The Morgan fingerprint density at radius 1 is 1.35 bits per heavy atom. The lowest BCUT2D eigenvalue weighted by Crippen LogP contribution is -2.42. The highest BCUT2D eigenvalue weighted by Gasteiger charge is 2.39. The van der Waals surface area contributed by atoms with Gasteiger partial charge in [0, 0.05) is 0 Å². The van der Waals surface area contributed by atoms with Crippen LogP contribution in [0.5, 0.6) is 0 Å². The Morgan fingerprint density at radius 2 is 2.00 bits per heavy atom. The molecule has 1 rings (SSSR count). The Balaban J connectivity index is 2.33. The van der Waals surface area contributed by atoms with Gasteiger partial charge in [-0.1, -0.05) is 20.8 Å². The highest BCUT2D eigenvalue weighted by atomic mass is 16.5. The van der Waals surface area contributed by atoms with Crippen LogP contribution in [0.15, 0.2) is 0 Å². The number of hydrogen-bond donors (Lipinski definition) is 1. The van der Waals surface area contributed by atoms with E-state index in [1.54, 1.807) is 0 Å². The smallest absolute Gasteiger partial charge is 0.312 e. The van der Waals surface area contributed by atoms with Gasteiger partial charge in [-0.05, 0) is 51.1 Å². The molecule has 1 saturated heterocycles. The third-order valence-corrected chi connectivity index (χ3v) is 3.83. The van der Waals surface area contributed by atoms with Gasteiger partial charge in [-0.3, -0.25) is 4.79 Å². The fraction of sp³-hybridized carbons (Fsp3) is 0.929. The van der Waals surface area contributed by atoms with Crippen LogP contribution in [-0.4, -0.2) is 25.7 Å². The Morgan fingerprint density at radius 3 is 2.53 bits per heavy atom. The minimum atomic E-state index is -0.205. The predicted octanol–water partition coefficient (Wildman–Crippen LogP) is 2.75. The van der Waals surface area contributed by atoms with E-state index in [4.69, 9.17) is 4.74 Å². The van der Waals surface area contributed by atoms with Crippen molar-refractivity contribution in [2.24, 2.45) is 11.3 Å². The summed E-state index contributed by atoms with van der Waals surface area (Å²) >= 11 is 0. The monoisotopic (exact) mass is 241 g/mol. The molecule has 0 bridgehead atoms. The molecule has 0 unspecified atom stereocenters. The summed E-state index contributed by atoms with van der Waals surface area (Å²) in [5.74, 6) is 0.720. The highest BCUT2D eigenvalue weighted by Crippen LogP contribution is 2.33. The lowest BCUT2D eigenvalue weighted by atomic mass is 9.77. The minimum absolute atomic E-state index is 0.0326. The van der Waals surface area contributed by atoms with E-state index in [-0.39, 0.29) is 11.4 Å². The zero-order valence-corrected chi connectivity index (χ0v) is 11.6. The topological polar surface area (TPSA) is 38.3 Å². The van der Waals surface area contributed by atoms with E-state index in [9.17, 15) is 4.79 Å². The Hall–Kier alpha value is -0.570. The largest absolute Gasteiger partial charge is 0.465 e. The van der Waals surface area contributed by atoms with Gasteiger partial charge in [-0.2, -0.15) is 0 Å². The van der Waals surface area contributed by atoms with Crippen LogP contribution < -0.4 is 5.32 Å². The number of esters is 1. The first-order valence-electron chi connectivity index (χ1n) is 6.98. The standard InChI is InChI=1S/C14H27NO2/c1-4-14(7-9-15-10-8-14)13(16)17-11-5-6-12(2)3/h12,15H,4-11H2,1-3H3. The average molecular weight is 241 g/mol. The minimum Gasteiger partial charge on any atom is -0.465 e. The molecule has 0 saturated carbocycles. The summed E-state index contributed by atoms with van der Waals surface area (Å²) in [5, 5.41) is 3.30. The number of piperidine rings is 1. The van der Waals surface area contributed by atoms with Crippen molar-refractivity contribution in [3.63, 3.8) is 0 Å². The average Bonchev–Trinajstić information content (AvgIpc) is 2.35. The van der Waals surface area contributed by atoms with Crippen LogP contribution in [0, 0.1) is 11.3 Å². The van der Waals surface area contributed by atoms with Crippen molar-refractivity contribution in [3.05, 3.63) is 0 Å². The van der Waals surface area contributed by atoms with E-state index in [0.717, 1.165) is 45.2 Å². The number of rotatable bonds is 6. The van der Waals surface area contributed by atoms with Crippen molar-refractivity contribution in [3.8, 4) is 0 Å². The van der Waals surface area contributed by atoms with Gasteiger partial charge < -0.3 is 10.1 Å². The van der Waals surface area contributed by atoms with E-state index in [1.165, 1.54) is 0 Å². The predicted molar refractivity (Wildman–Crippen MR) is 69.9 cm³/mol. The summed E-state index contributed by atoms with van der Waals surface area (Å²) in [4.78, 5) is 12.1. The molecule has 1 aliphatic heterocycles. The molecule has 0 aliphatic carbocycles. The van der Waals surface area contributed by atoms with Gasteiger partial charge in [-0.15, -0.1) is 0 Å². The van der Waals surface area contributed by atoms with Gasteiger partial charge in [0.2, 0.25) is 0 Å². The Labute approximate surface area is 105 Å². The molecule has 3 heteroatoms. The molecule has 1 aliphatic rings. The van der Waals surface area contributed by atoms with Crippen molar-refractivity contribution < 1.29 is 9.53 Å². The lowest BCUT2D eigenvalue weighted by Gasteiger charge is -2.34. The summed E-state index contributed by atoms with van der Waals surface area (Å²) in [6.45, 7) is 8.96. The van der Waals surface area contributed by atoms with E-state index in [2.05, 4.69) is 26.1 Å². The van der Waals surface area contributed by atoms with Crippen LogP contribution in [-0.2, 0) is 9.53 Å². The summed E-state index contributed by atoms with van der Waals surface area (Å²) in [7, 11) is 0. The molecular formula is C14H27NO2. The maximum absolute atomic E-state index is 12.1. The van der Waals surface area contributed by atoms with Gasteiger partial charge in [0.15, 0.2) is 0 Å². The number of carbonyl (C=O) groups excluding carboxylic acids is 1. The fourth-order valence-electron chi connectivity index (χ4n) is 2.42. The quantitative estimate of drug-likeness (QED) is 0.574. The van der Waals surface area contributed by atoms with Crippen LogP contribution >= 0.6 is 0 Å². The summed E-state index contributed by atoms with van der Waals surface area (Å²) in [6, 6.07) is 0. The molecule has 1 fully saturated rings. The molecule has 0 aromatic heterocycles. The molecule has 0 atom stereocenters. The van der Waals surface area contributed by atoms with Crippen LogP contribution in [0.1, 0.15) is 52.9 Å². The lowest BCUT2D eigenvalue weighted by molar-refractivity contribution is -0.158. The molecule has 1 heterocycles. The van der Waals surface area contributed by atoms with Crippen molar-refractivity contribution in [1.82, 2.24) is 5.32 Å². The van der Waals surface area contributed by atoms with Gasteiger partial charge in [0.05, 0.1) is 12.0 Å². The van der Waals surface area contributed by atoms with Crippen LogP contribution in [0.25, 0.3) is 0 Å². The van der Waals surface area contributed by atoms with E-state index >= 15 is 0 Å². The van der Waals surface area contributed by atoms with Gasteiger partial charge in [0.25, 0.3) is 0 Å². The third kappa shape index (κ3) is 4.30. The molecule has 1 N–H and O–H groups in total. The number of nitrogens with one attached hydrogen (secondary N) is 1. The Bertz CT molecular complexity index is 232. The second-order valence-electron chi connectivity index (χ2n) is 5.56. The molecule has 0 spiro atoms. The highest BCUT2D eigenvalue weighted by molar-refractivity contribution is 5.77. The van der Waals surface area contributed by atoms with Crippen molar-refractivity contribution >= 4 is 5.97 Å². The molecule has 0 radical (unpaired) electrons. The van der Waals surface area contributed by atoms with Crippen molar-refractivity contribution in [2.75, 3.05) is 19.7 Å². The molecule has 17 heavy (non-hydrogen) atoms. The maximum atomic E-state index is 12.1. The fourth-order valence-corrected chi connectivity index (χ4v) is 2.42. The van der Waals surface area contributed by atoms with Gasteiger partial charge in [0.1, 0.15) is 0 Å². The van der Waals surface area contributed by atoms with E-state index < -0.39 is 0 Å². The summed E-state index contributed by atoms with van der Waals surface area (Å²) in [5.41, 5.74) is -0.205. The number of carbonyl (C=O) groups is 1. The first-order valence-corrected chi connectivity index (χ1v) is 6.98. The molecular weight excluding hydrogens is 214 g/mol. The van der Waals surface area contributed by atoms with Gasteiger partial charge in [-0.25, -0.2) is 0 Å². The second kappa shape index (κ2) is 7.00.